The van der Waals surface area contributed by atoms with Crippen molar-refractivity contribution < 1.29 is 9.53 Å². The van der Waals surface area contributed by atoms with Crippen LogP contribution in [0.5, 0.6) is 5.75 Å². The number of aliphatic imine (C=N–C) groups is 1. The van der Waals surface area contributed by atoms with Gasteiger partial charge < -0.3 is 20.7 Å². The van der Waals surface area contributed by atoms with Crippen LogP contribution in [0.2, 0.25) is 0 Å². The molecule has 0 aliphatic carbocycles. The van der Waals surface area contributed by atoms with E-state index in [0.29, 0.717) is 32.1 Å². The maximum atomic E-state index is 11.5. The zero-order valence-electron chi connectivity index (χ0n) is 14.3. The molecular formula is C17H28N4O2. The van der Waals surface area contributed by atoms with E-state index in [2.05, 4.69) is 20.9 Å². The minimum absolute atomic E-state index is 0.0523. The molecule has 1 aromatic rings. The van der Waals surface area contributed by atoms with Crippen molar-refractivity contribution in [2.24, 2.45) is 4.99 Å². The molecule has 0 heterocycles. The van der Waals surface area contributed by atoms with Crippen molar-refractivity contribution in [2.75, 3.05) is 26.7 Å². The Bertz CT molecular complexity index is 503. The van der Waals surface area contributed by atoms with Gasteiger partial charge in [-0.1, -0.05) is 25.1 Å². The number of hydrogen-bond donors (Lipinski definition) is 3. The van der Waals surface area contributed by atoms with Crippen LogP contribution in [0.4, 0.5) is 0 Å². The van der Waals surface area contributed by atoms with Gasteiger partial charge in [-0.2, -0.15) is 0 Å². The Morgan fingerprint density at radius 3 is 2.61 bits per heavy atom. The van der Waals surface area contributed by atoms with Gasteiger partial charge in [0.2, 0.25) is 5.91 Å². The molecule has 0 aromatic heterocycles. The van der Waals surface area contributed by atoms with Gasteiger partial charge in [-0.25, -0.2) is 0 Å². The maximum Gasteiger partial charge on any atom is 0.221 e. The molecule has 6 nitrogen and oxygen atoms in total. The molecule has 1 rings (SSSR count). The van der Waals surface area contributed by atoms with Gasteiger partial charge in [-0.15, -0.1) is 0 Å². The molecule has 0 saturated heterocycles. The first-order valence-corrected chi connectivity index (χ1v) is 8.13. The average molecular weight is 320 g/mol. The maximum absolute atomic E-state index is 11.5. The van der Waals surface area contributed by atoms with Crippen LogP contribution >= 0.6 is 0 Å². The predicted octanol–water partition coefficient (Wildman–Crippen LogP) is 1.67. The Morgan fingerprint density at radius 1 is 1.13 bits per heavy atom. The van der Waals surface area contributed by atoms with Gasteiger partial charge in [0.15, 0.2) is 5.96 Å². The van der Waals surface area contributed by atoms with Crippen LogP contribution in [0, 0.1) is 0 Å². The topological polar surface area (TPSA) is 74.8 Å². The number of para-hydroxylation sites is 1. The van der Waals surface area contributed by atoms with Crippen LogP contribution in [0.1, 0.15) is 32.3 Å². The standard InChI is InChI=1S/C17H28N4O2/c1-4-11-19-16(22)10-12-20-17(18-3)21-13-14-8-6-7-9-15(14)23-5-2/h6-9H,4-5,10-13H2,1-3H3,(H,19,22)(H2,18,20,21). The highest BCUT2D eigenvalue weighted by Crippen LogP contribution is 2.17. The molecule has 3 N–H and O–H groups in total. The molecule has 0 aliphatic rings. The number of rotatable bonds is 9. The van der Waals surface area contributed by atoms with Crippen LogP contribution in [0.3, 0.4) is 0 Å². The summed E-state index contributed by atoms with van der Waals surface area (Å²) in [6.07, 6.45) is 1.37. The van der Waals surface area contributed by atoms with Crippen molar-refractivity contribution in [3.63, 3.8) is 0 Å². The molecule has 0 fully saturated rings. The smallest absolute Gasteiger partial charge is 0.221 e. The lowest BCUT2D eigenvalue weighted by Crippen LogP contribution is -2.39. The number of carbonyl (C=O) groups excluding carboxylic acids is 1. The van der Waals surface area contributed by atoms with Crippen LogP contribution in [0.15, 0.2) is 29.3 Å². The van der Waals surface area contributed by atoms with Gasteiger partial charge in [0, 0.05) is 38.7 Å². The fourth-order valence-corrected chi connectivity index (χ4v) is 1.99. The van der Waals surface area contributed by atoms with E-state index in [4.69, 9.17) is 4.74 Å². The number of ether oxygens (including phenoxy) is 1. The van der Waals surface area contributed by atoms with E-state index >= 15 is 0 Å². The van der Waals surface area contributed by atoms with Gasteiger partial charge >= 0.3 is 0 Å². The molecule has 0 saturated carbocycles. The number of nitrogens with one attached hydrogen (secondary N) is 3. The third-order valence-corrected chi connectivity index (χ3v) is 3.16. The second kappa shape index (κ2) is 11.3. The third-order valence-electron chi connectivity index (χ3n) is 3.16. The number of hydrogen-bond acceptors (Lipinski definition) is 3. The first-order chi connectivity index (χ1) is 11.2. The SMILES string of the molecule is CCCNC(=O)CCNC(=NC)NCc1ccccc1OCC. The Kier molecular flexibility index (Phi) is 9.28. The van der Waals surface area contributed by atoms with E-state index in [1.165, 1.54) is 0 Å². The highest BCUT2D eigenvalue weighted by molar-refractivity contribution is 5.81. The Labute approximate surface area is 138 Å². The molecule has 128 valence electrons. The Hall–Kier alpha value is -2.24. The van der Waals surface area contributed by atoms with Crippen molar-refractivity contribution >= 4 is 11.9 Å². The summed E-state index contributed by atoms with van der Waals surface area (Å²) in [6.45, 7) is 6.51. The van der Waals surface area contributed by atoms with Crippen LogP contribution in [-0.4, -0.2) is 38.6 Å². The van der Waals surface area contributed by atoms with Gasteiger partial charge in [0.1, 0.15) is 5.75 Å². The van der Waals surface area contributed by atoms with Gasteiger partial charge in [-0.3, -0.25) is 9.79 Å². The lowest BCUT2D eigenvalue weighted by atomic mass is 10.2. The summed E-state index contributed by atoms with van der Waals surface area (Å²) in [5.74, 6) is 1.59. The number of nitrogens with zero attached hydrogens (tertiary/aromatic N) is 1. The fourth-order valence-electron chi connectivity index (χ4n) is 1.99. The van der Waals surface area contributed by atoms with Crippen molar-refractivity contribution in [1.29, 1.82) is 0 Å². The van der Waals surface area contributed by atoms with Gasteiger partial charge in [0.05, 0.1) is 6.61 Å². The zero-order chi connectivity index (χ0) is 16.9. The van der Waals surface area contributed by atoms with Gasteiger partial charge in [0.25, 0.3) is 0 Å². The monoisotopic (exact) mass is 320 g/mol. The molecule has 6 heteroatoms. The molecule has 1 amide bonds. The number of benzene rings is 1. The number of carbonyl (C=O) groups is 1. The summed E-state index contributed by atoms with van der Waals surface area (Å²) in [5.41, 5.74) is 1.07. The van der Waals surface area contributed by atoms with Crippen molar-refractivity contribution in [3.8, 4) is 5.75 Å². The van der Waals surface area contributed by atoms with Crippen LogP contribution < -0.4 is 20.7 Å². The van der Waals surface area contributed by atoms with E-state index in [1.54, 1.807) is 7.05 Å². The lowest BCUT2D eigenvalue weighted by Gasteiger charge is -2.14. The average Bonchev–Trinajstić information content (AvgIpc) is 2.57. The second-order valence-corrected chi connectivity index (χ2v) is 4.99. The summed E-state index contributed by atoms with van der Waals surface area (Å²) in [7, 11) is 1.71. The molecule has 0 radical (unpaired) electrons. The molecule has 23 heavy (non-hydrogen) atoms. The summed E-state index contributed by atoms with van der Waals surface area (Å²) >= 11 is 0. The summed E-state index contributed by atoms with van der Waals surface area (Å²) in [4.78, 5) is 15.7. The highest BCUT2D eigenvalue weighted by Gasteiger charge is 2.05. The second-order valence-electron chi connectivity index (χ2n) is 4.99. The van der Waals surface area contributed by atoms with Crippen molar-refractivity contribution in [2.45, 2.75) is 33.2 Å². The molecule has 0 aliphatic heterocycles. The molecule has 0 atom stereocenters. The van der Waals surface area contributed by atoms with E-state index in [-0.39, 0.29) is 5.91 Å². The van der Waals surface area contributed by atoms with E-state index in [0.717, 1.165) is 24.3 Å². The first-order valence-electron chi connectivity index (χ1n) is 8.13. The summed E-state index contributed by atoms with van der Waals surface area (Å²) in [5, 5.41) is 9.21. The van der Waals surface area contributed by atoms with E-state index in [1.807, 2.05) is 38.1 Å². The fraction of sp³-hybridized carbons (Fsp3) is 0.529. The van der Waals surface area contributed by atoms with Gasteiger partial charge in [-0.05, 0) is 19.4 Å². The van der Waals surface area contributed by atoms with Crippen molar-refractivity contribution in [1.82, 2.24) is 16.0 Å². The minimum atomic E-state index is 0.0523. The summed E-state index contributed by atoms with van der Waals surface area (Å²) in [6, 6.07) is 7.91. The first kappa shape index (κ1) is 18.8. The van der Waals surface area contributed by atoms with E-state index in [9.17, 15) is 4.79 Å². The Balaban J connectivity index is 2.38. The van der Waals surface area contributed by atoms with Crippen LogP contribution in [-0.2, 0) is 11.3 Å². The lowest BCUT2D eigenvalue weighted by molar-refractivity contribution is -0.120. The highest BCUT2D eigenvalue weighted by atomic mass is 16.5. The minimum Gasteiger partial charge on any atom is -0.494 e. The number of amides is 1. The number of guanidine groups is 1. The zero-order valence-corrected chi connectivity index (χ0v) is 14.3. The molecule has 0 unspecified atom stereocenters. The van der Waals surface area contributed by atoms with Crippen molar-refractivity contribution in [3.05, 3.63) is 29.8 Å². The molecule has 0 bridgehead atoms. The van der Waals surface area contributed by atoms with E-state index < -0.39 is 0 Å². The molecule has 1 aromatic carbocycles. The normalized spacial score (nSPS) is 11.0. The predicted molar refractivity (Wildman–Crippen MR) is 93.7 cm³/mol. The summed E-state index contributed by atoms with van der Waals surface area (Å²) < 4.78 is 5.60. The van der Waals surface area contributed by atoms with Crippen LogP contribution in [0.25, 0.3) is 0 Å². The third kappa shape index (κ3) is 7.54. The quantitative estimate of drug-likeness (QED) is 0.478. The molecule has 0 spiro atoms. The largest absolute Gasteiger partial charge is 0.494 e. The Morgan fingerprint density at radius 2 is 1.91 bits per heavy atom. The molecular weight excluding hydrogens is 292 g/mol.